The van der Waals surface area contributed by atoms with E-state index < -0.39 is 0 Å². The third-order valence-electron chi connectivity index (χ3n) is 7.02. The molecule has 0 aliphatic carbocycles. The van der Waals surface area contributed by atoms with Crippen LogP contribution in [0.1, 0.15) is 37.3 Å². The lowest BCUT2D eigenvalue weighted by molar-refractivity contribution is 0.733. The average molecular weight is 483 g/mol. The summed E-state index contributed by atoms with van der Waals surface area (Å²) < 4.78 is 0. The summed E-state index contributed by atoms with van der Waals surface area (Å²) in [5.41, 5.74) is 9.47. The predicted molar refractivity (Wildman–Crippen MR) is 159 cm³/mol. The summed E-state index contributed by atoms with van der Waals surface area (Å²) >= 11 is 0. The minimum absolute atomic E-state index is 0.558. The van der Waals surface area contributed by atoms with Crippen molar-refractivity contribution in [1.29, 1.82) is 0 Å². The maximum Gasteiger partial charge on any atom is 0.0463 e. The Kier molecular flexibility index (Phi) is 7.37. The van der Waals surface area contributed by atoms with E-state index in [1.54, 1.807) is 0 Å². The summed E-state index contributed by atoms with van der Waals surface area (Å²) in [5.74, 6) is 0.558. The first kappa shape index (κ1) is 24.4. The second-order valence-corrected chi connectivity index (χ2v) is 9.59. The van der Waals surface area contributed by atoms with Crippen molar-refractivity contribution in [2.45, 2.75) is 33.1 Å². The predicted octanol–water partition coefficient (Wildman–Crippen LogP) is 10.4. The van der Waals surface area contributed by atoms with Gasteiger partial charge in [0.25, 0.3) is 0 Å². The van der Waals surface area contributed by atoms with Crippen LogP contribution in [-0.2, 0) is 0 Å². The summed E-state index contributed by atoms with van der Waals surface area (Å²) in [6, 6.07) is 47.7. The fourth-order valence-corrected chi connectivity index (χ4v) is 4.68. The Balaban J connectivity index is 1.55. The Hall–Kier alpha value is -4.30. The number of anilines is 6. The number of hydrogen-bond donors (Lipinski definition) is 0. The molecule has 184 valence electrons. The van der Waals surface area contributed by atoms with Gasteiger partial charge in [-0.1, -0.05) is 80.1 Å². The molecule has 2 heteroatoms. The molecule has 5 aromatic rings. The zero-order chi connectivity index (χ0) is 25.6. The van der Waals surface area contributed by atoms with Crippen LogP contribution >= 0.6 is 0 Å². The van der Waals surface area contributed by atoms with E-state index in [1.807, 2.05) is 0 Å². The van der Waals surface area contributed by atoms with E-state index in [2.05, 4.69) is 164 Å². The van der Waals surface area contributed by atoms with Gasteiger partial charge >= 0.3 is 0 Å². The summed E-state index contributed by atoms with van der Waals surface area (Å²) in [5, 5.41) is 0. The Morgan fingerprint density at radius 1 is 0.459 bits per heavy atom. The van der Waals surface area contributed by atoms with Crippen LogP contribution < -0.4 is 9.80 Å². The minimum Gasteiger partial charge on any atom is -0.311 e. The Morgan fingerprint density at radius 3 is 1.16 bits per heavy atom. The lowest BCUT2D eigenvalue weighted by Crippen LogP contribution is -2.12. The minimum atomic E-state index is 0.558. The van der Waals surface area contributed by atoms with Crippen molar-refractivity contribution in [1.82, 2.24) is 0 Å². The highest BCUT2D eigenvalue weighted by Crippen LogP contribution is 2.39. The Labute approximate surface area is 221 Å². The van der Waals surface area contributed by atoms with Crippen LogP contribution in [0.4, 0.5) is 34.1 Å². The molecule has 0 bridgehead atoms. The van der Waals surface area contributed by atoms with Crippen molar-refractivity contribution in [2.75, 3.05) is 9.80 Å². The molecule has 0 spiro atoms. The van der Waals surface area contributed by atoms with Crippen LogP contribution in [0.25, 0.3) is 0 Å². The van der Waals surface area contributed by atoms with Crippen LogP contribution in [0.15, 0.2) is 133 Å². The van der Waals surface area contributed by atoms with Gasteiger partial charge in [-0.25, -0.2) is 0 Å². The first-order valence-electron chi connectivity index (χ1n) is 13.1. The standard InChI is InChI=1S/C35H34N2/c1-4-28(3)29-17-21-33(22-18-29)37(32-19-15-27(2)16-20-32)35-25-23-34(24-26-35)36(30-11-7-5-8-12-30)31-13-9-6-10-14-31/h5-26,28H,4H2,1-3H3. The van der Waals surface area contributed by atoms with Gasteiger partial charge < -0.3 is 9.80 Å². The first-order chi connectivity index (χ1) is 18.1. The van der Waals surface area contributed by atoms with Crippen LogP contribution in [0.3, 0.4) is 0 Å². The molecule has 0 aliphatic heterocycles. The molecule has 0 aliphatic rings. The maximum absolute atomic E-state index is 2.33. The summed E-state index contributed by atoms with van der Waals surface area (Å²) in [4.78, 5) is 4.62. The van der Waals surface area contributed by atoms with Gasteiger partial charge in [0.2, 0.25) is 0 Å². The van der Waals surface area contributed by atoms with Crippen molar-refractivity contribution >= 4 is 34.1 Å². The van der Waals surface area contributed by atoms with E-state index >= 15 is 0 Å². The number of aryl methyl sites for hydroxylation is 1. The van der Waals surface area contributed by atoms with Crippen molar-refractivity contribution in [3.8, 4) is 0 Å². The third kappa shape index (κ3) is 5.44. The molecule has 1 atom stereocenters. The van der Waals surface area contributed by atoms with Crippen LogP contribution in [0, 0.1) is 6.92 Å². The highest BCUT2D eigenvalue weighted by Gasteiger charge is 2.16. The molecule has 0 saturated heterocycles. The van der Waals surface area contributed by atoms with Gasteiger partial charge in [0, 0.05) is 34.1 Å². The normalized spacial score (nSPS) is 11.6. The van der Waals surface area contributed by atoms with Gasteiger partial charge in [-0.3, -0.25) is 0 Å². The maximum atomic E-state index is 2.33. The molecule has 5 rings (SSSR count). The average Bonchev–Trinajstić information content (AvgIpc) is 2.96. The highest BCUT2D eigenvalue weighted by atomic mass is 15.2. The number of hydrogen-bond acceptors (Lipinski definition) is 2. The second-order valence-electron chi connectivity index (χ2n) is 9.59. The Morgan fingerprint density at radius 2 is 0.784 bits per heavy atom. The fourth-order valence-electron chi connectivity index (χ4n) is 4.68. The van der Waals surface area contributed by atoms with E-state index in [9.17, 15) is 0 Å². The lowest BCUT2D eigenvalue weighted by atomic mass is 9.98. The topological polar surface area (TPSA) is 6.48 Å². The van der Waals surface area contributed by atoms with Gasteiger partial charge in [-0.15, -0.1) is 0 Å². The molecule has 37 heavy (non-hydrogen) atoms. The molecule has 0 heterocycles. The van der Waals surface area contributed by atoms with Crippen molar-refractivity contribution in [3.63, 3.8) is 0 Å². The van der Waals surface area contributed by atoms with Crippen LogP contribution in [-0.4, -0.2) is 0 Å². The molecule has 0 aromatic heterocycles. The molecule has 1 unspecified atom stereocenters. The molecule has 0 radical (unpaired) electrons. The summed E-state index contributed by atoms with van der Waals surface area (Å²) in [6.07, 6.45) is 1.14. The van der Waals surface area contributed by atoms with Crippen molar-refractivity contribution in [2.24, 2.45) is 0 Å². The summed E-state index contributed by atoms with van der Waals surface area (Å²) in [7, 11) is 0. The first-order valence-corrected chi connectivity index (χ1v) is 13.1. The molecule has 0 saturated carbocycles. The van der Waals surface area contributed by atoms with Gasteiger partial charge in [0.1, 0.15) is 0 Å². The van der Waals surface area contributed by atoms with E-state index in [1.165, 1.54) is 11.1 Å². The van der Waals surface area contributed by atoms with Crippen molar-refractivity contribution in [3.05, 3.63) is 145 Å². The zero-order valence-corrected chi connectivity index (χ0v) is 21.9. The van der Waals surface area contributed by atoms with Crippen LogP contribution in [0.2, 0.25) is 0 Å². The highest BCUT2D eigenvalue weighted by molar-refractivity contribution is 5.81. The number of rotatable bonds is 8. The number of nitrogens with zero attached hydrogens (tertiary/aromatic N) is 2. The van der Waals surface area contributed by atoms with Gasteiger partial charge in [-0.05, 0) is 97.6 Å². The largest absolute Gasteiger partial charge is 0.311 e. The zero-order valence-electron chi connectivity index (χ0n) is 21.9. The van der Waals surface area contributed by atoms with E-state index in [4.69, 9.17) is 0 Å². The number of benzene rings is 5. The molecule has 0 amide bonds. The van der Waals surface area contributed by atoms with Crippen molar-refractivity contribution < 1.29 is 0 Å². The molecule has 5 aromatic carbocycles. The lowest BCUT2D eigenvalue weighted by Gasteiger charge is -2.28. The monoisotopic (exact) mass is 482 g/mol. The van der Waals surface area contributed by atoms with E-state index in [-0.39, 0.29) is 0 Å². The second kappa shape index (κ2) is 11.2. The third-order valence-corrected chi connectivity index (χ3v) is 7.02. The SMILES string of the molecule is CCC(C)c1ccc(N(c2ccc(C)cc2)c2ccc(N(c3ccccc3)c3ccccc3)cc2)cc1. The van der Waals surface area contributed by atoms with E-state index in [0.717, 1.165) is 40.5 Å². The Bertz CT molecular complexity index is 1350. The fraction of sp³-hybridized carbons (Fsp3) is 0.143. The molecular weight excluding hydrogens is 448 g/mol. The number of para-hydroxylation sites is 2. The quantitative estimate of drug-likeness (QED) is 0.217. The molecule has 0 fully saturated rings. The molecule has 0 N–H and O–H groups in total. The van der Waals surface area contributed by atoms with Gasteiger partial charge in [0.15, 0.2) is 0 Å². The van der Waals surface area contributed by atoms with Gasteiger partial charge in [-0.2, -0.15) is 0 Å². The van der Waals surface area contributed by atoms with Crippen LogP contribution in [0.5, 0.6) is 0 Å². The van der Waals surface area contributed by atoms with E-state index in [0.29, 0.717) is 5.92 Å². The molecular formula is C35H34N2. The molecule has 2 nitrogen and oxygen atoms in total. The summed E-state index contributed by atoms with van der Waals surface area (Å²) in [6.45, 7) is 6.66. The smallest absolute Gasteiger partial charge is 0.0463 e. The van der Waals surface area contributed by atoms with Gasteiger partial charge in [0.05, 0.1) is 0 Å².